The molecule has 0 radical (unpaired) electrons. The highest BCUT2D eigenvalue weighted by molar-refractivity contribution is 6.01. The lowest BCUT2D eigenvalue weighted by molar-refractivity contribution is -0.385. The van der Waals surface area contributed by atoms with Gasteiger partial charge in [-0.15, -0.1) is 0 Å². The number of nitro benzene ring substituents is 1. The van der Waals surface area contributed by atoms with Gasteiger partial charge in [-0.3, -0.25) is 14.9 Å². The maximum absolute atomic E-state index is 12.2. The van der Waals surface area contributed by atoms with E-state index in [0.29, 0.717) is 0 Å². The zero-order valence-corrected chi connectivity index (χ0v) is 18.0. The van der Waals surface area contributed by atoms with E-state index in [2.05, 4.69) is 33.3 Å². The molecule has 0 fully saturated rings. The molecule has 0 saturated heterocycles. The molecule has 1 heterocycles. The second-order valence-corrected chi connectivity index (χ2v) is 7.39. The number of amides is 1. The number of hydrazone groups is 1. The van der Waals surface area contributed by atoms with Crippen molar-refractivity contribution in [3.8, 4) is 5.75 Å². The molecule has 0 aliphatic rings. The van der Waals surface area contributed by atoms with Gasteiger partial charge in [0.2, 0.25) is 0 Å². The van der Waals surface area contributed by atoms with Gasteiger partial charge < -0.3 is 9.30 Å². The number of nitrogens with zero attached hydrogens (tertiary/aromatic N) is 3. The van der Waals surface area contributed by atoms with Crippen molar-refractivity contribution >= 4 is 28.7 Å². The summed E-state index contributed by atoms with van der Waals surface area (Å²) in [7, 11) is 0. The van der Waals surface area contributed by atoms with Gasteiger partial charge >= 0.3 is 5.69 Å². The lowest BCUT2D eigenvalue weighted by Crippen LogP contribution is -2.24. The highest BCUT2D eigenvalue weighted by atomic mass is 16.6. The summed E-state index contributed by atoms with van der Waals surface area (Å²) in [6.07, 6.45) is 1.61. The SMILES string of the molecule is Cc1c(C=NNC(=O)COc2ccccc2[N+](=O)[O-])c2ccccc2n1Cc1ccccc1. The summed E-state index contributed by atoms with van der Waals surface area (Å²) in [5, 5.41) is 16.2. The summed E-state index contributed by atoms with van der Waals surface area (Å²) < 4.78 is 7.51. The predicted molar refractivity (Wildman–Crippen MR) is 127 cm³/mol. The van der Waals surface area contributed by atoms with Crippen LogP contribution in [0.5, 0.6) is 5.75 Å². The van der Waals surface area contributed by atoms with Crippen molar-refractivity contribution < 1.29 is 14.5 Å². The fraction of sp³-hybridized carbons (Fsp3) is 0.120. The molecule has 1 N–H and O–H groups in total. The summed E-state index contributed by atoms with van der Waals surface area (Å²) in [5.74, 6) is -0.489. The van der Waals surface area contributed by atoms with E-state index in [0.717, 1.165) is 28.7 Å². The molecular formula is C25H22N4O4. The lowest BCUT2D eigenvalue weighted by Gasteiger charge is -2.08. The molecule has 0 atom stereocenters. The number of nitro groups is 1. The summed E-state index contributed by atoms with van der Waals surface area (Å²) in [6, 6.07) is 24.1. The minimum Gasteiger partial charge on any atom is -0.477 e. The first-order chi connectivity index (χ1) is 16.0. The number of para-hydroxylation sites is 3. The van der Waals surface area contributed by atoms with Crippen molar-refractivity contribution in [2.45, 2.75) is 13.5 Å². The first kappa shape index (κ1) is 21.8. The number of hydrogen-bond acceptors (Lipinski definition) is 5. The third kappa shape index (κ3) is 4.90. The van der Waals surface area contributed by atoms with Crippen LogP contribution in [0.25, 0.3) is 10.9 Å². The fourth-order valence-electron chi connectivity index (χ4n) is 3.66. The first-order valence-corrected chi connectivity index (χ1v) is 10.3. The molecule has 0 aliphatic heterocycles. The van der Waals surface area contributed by atoms with E-state index in [-0.39, 0.29) is 11.4 Å². The molecule has 0 unspecified atom stereocenters. The number of aromatic nitrogens is 1. The van der Waals surface area contributed by atoms with Crippen molar-refractivity contribution in [2.24, 2.45) is 5.10 Å². The van der Waals surface area contributed by atoms with Crippen LogP contribution in [0.2, 0.25) is 0 Å². The Balaban J connectivity index is 1.48. The highest BCUT2D eigenvalue weighted by Gasteiger charge is 2.15. The number of ether oxygens (including phenoxy) is 1. The smallest absolute Gasteiger partial charge is 0.310 e. The second-order valence-electron chi connectivity index (χ2n) is 7.39. The molecule has 33 heavy (non-hydrogen) atoms. The van der Waals surface area contributed by atoms with E-state index in [1.54, 1.807) is 12.3 Å². The van der Waals surface area contributed by atoms with Gasteiger partial charge in [0.1, 0.15) is 0 Å². The van der Waals surface area contributed by atoms with Crippen molar-refractivity contribution in [1.29, 1.82) is 0 Å². The van der Waals surface area contributed by atoms with E-state index in [4.69, 9.17) is 4.74 Å². The number of hydrogen-bond donors (Lipinski definition) is 1. The normalized spacial score (nSPS) is 11.1. The third-order valence-corrected chi connectivity index (χ3v) is 5.27. The van der Waals surface area contributed by atoms with Gasteiger partial charge in [0.25, 0.3) is 5.91 Å². The second kappa shape index (κ2) is 9.78. The number of benzene rings is 3. The van der Waals surface area contributed by atoms with Crippen LogP contribution in [-0.4, -0.2) is 28.2 Å². The van der Waals surface area contributed by atoms with E-state index >= 15 is 0 Å². The Morgan fingerprint density at radius 1 is 1.06 bits per heavy atom. The van der Waals surface area contributed by atoms with Crippen LogP contribution in [0.15, 0.2) is 84.0 Å². The summed E-state index contributed by atoms with van der Waals surface area (Å²) in [5.41, 5.74) is 6.42. The van der Waals surface area contributed by atoms with E-state index in [9.17, 15) is 14.9 Å². The van der Waals surface area contributed by atoms with Crippen LogP contribution in [-0.2, 0) is 11.3 Å². The Kier molecular flexibility index (Phi) is 6.45. The number of carbonyl (C=O) groups is 1. The van der Waals surface area contributed by atoms with Crippen LogP contribution < -0.4 is 10.2 Å². The number of carbonyl (C=O) groups excluding carboxylic acids is 1. The fourth-order valence-corrected chi connectivity index (χ4v) is 3.66. The van der Waals surface area contributed by atoms with E-state index < -0.39 is 17.4 Å². The number of rotatable bonds is 8. The van der Waals surface area contributed by atoms with Crippen LogP contribution in [0, 0.1) is 17.0 Å². The first-order valence-electron chi connectivity index (χ1n) is 10.3. The molecule has 0 aliphatic carbocycles. The van der Waals surface area contributed by atoms with Crippen molar-refractivity contribution in [3.05, 3.63) is 106 Å². The molecule has 1 aromatic heterocycles. The summed E-state index contributed by atoms with van der Waals surface area (Å²) in [6.45, 7) is 2.35. The minimum atomic E-state index is -0.556. The van der Waals surface area contributed by atoms with Gasteiger partial charge in [-0.1, -0.05) is 60.7 Å². The van der Waals surface area contributed by atoms with Crippen LogP contribution in [0.3, 0.4) is 0 Å². The molecule has 0 spiro atoms. The Bertz CT molecular complexity index is 1330. The average molecular weight is 442 g/mol. The monoisotopic (exact) mass is 442 g/mol. The molecule has 3 aromatic carbocycles. The van der Waals surface area contributed by atoms with Gasteiger partial charge in [0, 0.05) is 34.8 Å². The van der Waals surface area contributed by atoms with Crippen LogP contribution in [0.4, 0.5) is 5.69 Å². The average Bonchev–Trinajstić information content (AvgIpc) is 3.09. The molecular weight excluding hydrogens is 420 g/mol. The third-order valence-electron chi connectivity index (χ3n) is 5.27. The van der Waals surface area contributed by atoms with Crippen molar-refractivity contribution in [1.82, 2.24) is 9.99 Å². The quantitative estimate of drug-likeness (QED) is 0.248. The largest absolute Gasteiger partial charge is 0.477 e. The van der Waals surface area contributed by atoms with Gasteiger partial charge in [-0.2, -0.15) is 5.10 Å². The van der Waals surface area contributed by atoms with Crippen LogP contribution >= 0.6 is 0 Å². The molecule has 0 bridgehead atoms. The van der Waals surface area contributed by atoms with Gasteiger partial charge in [0.05, 0.1) is 11.1 Å². The topological polar surface area (TPSA) is 98.8 Å². The Hall–Kier alpha value is -4.46. The van der Waals surface area contributed by atoms with Gasteiger partial charge in [-0.25, -0.2) is 5.43 Å². The Labute approximate surface area is 190 Å². The predicted octanol–water partition coefficient (Wildman–Crippen LogP) is 4.44. The molecule has 166 valence electrons. The van der Waals surface area contributed by atoms with Gasteiger partial charge in [0.15, 0.2) is 12.4 Å². The summed E-state index contributed by atoms with van der Waals surface area (Å²) in [4.78, 5) is 22.7. The molecule has 0 saturated carbocycles. The molecule has 1 amide bonds. The zero-order valence-electron chi connectivity index (χ0n) is 18.0. The van der Waals surface area contributed by atoms with Crippen molar-refractivity contribution in [3.63, 3.8) is 0 Å². The highest BCUT2D eigenvalue weighted by Crippen LogP contribution is 2.26. The molecule has 8 nitrogen and oxygen atoms in total. The Morgan fingerprint density at radius 2 is 1.76 bits per heavy atom. The maximum atomic E-state index is 12.2. The minimum absolute atomic E-state index is 0.0291. The van der Waals surface area contributed by atoms with E-state index in [1.807, 2.05) is 43.3 Å². The standard InChI is InChI=1S/C25H22N4O4/c1-18-21(15-26-27-25(30)17-33-24-14-8-7-13-23(24)29(31)32)20-11-5-6-12-22(20)28(18)16-19-9-3-2-4-10-19/h2-15H,16-17H2,1H3,(H,27,30). The Morgan fingerprint density at radius 3 is 2.55 bits per heavy atom. The molecule has 4 rings (SSSR count). The van der Waals surface area contributed by atoms with E-state index in [1.165, 1.54) is 23.8 Å². The van der Waals surface area contributed by atoms with Crippen LogP contribution in [0.1, 0.15) is 16.8 Å². The molecule has 4 aromatic rings. The maximum Gasteiger partial charge on any atom is 0.310 e. The van der Waals surface area contributed by atoms with Crippen molar-refractivity contribution in [2.75, 3.05) is 6.61 Å². The molecule has 8 heteroatoms. The zero-order chi connectivity index (χ0) is 23.2. The summed E-state index contributed by atoms with van der Waals surface area (Å²) >= 11 is 0. The van der Waals surface area contributed by atoms with Gasteiger partial charge in [-0.05, 0) is 24.6 Å². The number of nitrogens with one attached hydrogen (secondary N) is 1. The lowest BCUT2D eigenvalue weighted by atomic mass is 10.1. The number of fused-ring (bicyclic) bond motifs is 1.